The van der Waals surface area contributed by atoms with Crippen molar-refractivity contribution in [1.82, 2.24) is 14.8 Å². The summed E-state index contributed by atoms with van der Waals surface area (Å²) in [6.07, 6.45) is 3.28. The Hall–Kier alpha value is -3.15. The summed E-state index contributed by atoms with van der Waals surface area (Å²) < 4.78 is 1.51. The fourth-order valence-electron chi connectivity index (χ4n) is 2.00. The minimum Gasteiger partial charge on any atom is -0.508 e. The molecule has 0 bridgehead atoms. The molecule has 6 heteroatoms. The lowest BCUT2D eigenvalue weighted by Gasteiger charge is -2.07. The third kappa shape index (κ3) is 2.46. The van der Waals surface area contributed by atoms with Crippen LogP contribution in [-0.4, -0.2) is 30.9 Å². The van der Waals surface area contributed by atoms with E-state index in [0.717, 1.165) is 5.56 Å². The van der Waals surface area contributed by atoms with Crippen molar-refractivity contribution in [3.05, 3.63) is 60.6 Å². The Morgan fingerprint density at radius 1 is 1.14 bits per heavy atom. The van der Waals surface area contributed by atoms with Gasteiger partial charge in [0.1, 0.15) is 5.75 Å². The molecule has 0 radical (unpaired) electrons. The Morgan fingerprint density at radius 3 is 2.52 bits per heavy atom. The normalized spacial score (nSPS) is 10.5. The van der Waals surface area contributed by atoms with Crippen LogP contribution in [0.2, 0.25) is 0 Å². The van der Waals surface area contributed by atoms with Crippen molar-refractivity contribution in [1.29, 1.82) is 0 Å². The largest absolute Gasteiger partial charge is 0.508 e. The van der Waals surface area contributed by atoms with Gasteiger partial charge in [0.05, 0.1) is 11.4 Å². The van der Waals surface area contributed by atoms with Gasteiger partial charge in [-0.05, 0) is 42.5 Å². The van der Waals surface area contributed by atoms with E-state index in [2.05, 4.69) is 10.1 Å². The monoisotopic (exact) mass is 281 g/mol. The fourth-order valence-corrected chi connectivity index (χ4v) is 2.00. The molecule has 6 nitrogen and oxygen atoms in total. The first-order valence-corrected chi connectivity index (χ1v) is 6.18. The fraction of sp³-hybridized carbons (Fsp3) is 0. The summed E-state index contributed by atoms with van der Waals surface area (Å²) in [5.74, 6) is -0.968. The van der Waals surface area contributed by atoms with Crippen LogP contribution in [0.4, 0.5) is 0 Å². The first-order chi connectivity index (χ1) is 10.1. The van der Waals surface area contributed by atoms with Gasteiger partial charge in [0.25, 0.3) is 0 Å². The van der Waals surface area contributed by atoms with Crippen LogP contribution in [0.25, 0.3) is 16.9 Å². The number of phenolic OH excluding ortho intramolecular Hbond substituents is 1. The molecule has 3 aromatic rings. The van der Waals surface area contributed by atoms with Crippen molar-refractivity contribution >= 4 is 5.97 Å². The number of aromatic hydroxyl groups is 1. The molecule has 0 aliphatic heterocycles. The number of aromatic nitrogens is 3. The number of rotatable bonds is 3. The number of hydrogen-bond acceptors (Lipinski definition) is 4. The van der Waals surface area contributed by atoms with E-state index in [-0.39, 0.29) is 11.4 Å². The third-order valence-corrected chi connectivity index (χ3v) is 2.98. The second-order valence-electron chi connectivity index (χ2n) is 4.39. The summed E-state index contributed by atoms with van der Waals surface area (Å²) in [5, 5.41) is 22.6. The highest BCUT2D eigenvalue weighted by atomic mass is 16.4. The minimum atomic E-state index is -1.10. The number of hydrogen-bond donors (Lipinski definition) is 2. The zero-order valence-electron chi connectivity index (χ0n) is 10.8. The molecule has 3 rings (SSSR count). The van der Waals surface area contributed by atoms with Crippen LogP contribution in [0.15, 0.2) is 54.9 Å². The van der Waals surface area contributed by atoms with Gasteiger partial charge >= 0.3 is 5.97 Å². The molecular weight excluding hydrogens is 270 g/mol. The highest BCUT2D eigenvalue weighted by molar-refractivity contribution is 5.87. The van der Waals surface area contributed by atoms with E-state index >= 15 is 0 Å². The summed E-state index contributed by atoms with van der Waals surface area (Å²) in [7, 11) is 0. The second-order valence-corrected chi connectivity index (χ2v) is 4.39. The molecule has 104 valence electrons. The number of pyridine rings is 1. The number of carbonyl (C=O) groups is 1. The standard InChI is InChI=1S/C15H11N3O3/c19-12-5-3-11(4-6-12)18-14(8-13(17-18)15(20)21)10-2-1-7-16-9-10/h1-9,19H,(H,20,21). The van der Waals surface area contributed by atoms with Gasteiger partial charge in [-0.3, -0.25) is 4.98 Å². The lowest BCUT2D eigenvalue weighted by atomic mass is 10.2. The van der Waals surface area contributed by atoms with Crippen molar-refractivity contribution in [2.75, 3.05) is 0 Å². The zero-order chi connectivity index (χ0) is 14.8. The van der Waals surface area contributed by atoms with Crippen molar-refractivity contribution in [3.8, 4) is 22.7 Å². The molecule has 2 heterocycles. The Morgan fingerprint density at radius 2 is 1.90 bits per heavy atom. The molecular formula is C15H11N3O3. The molecule has 0 saturated carbocycles. The van der Waals surface area contributed by atoms with Crippen LogP contribution in [0.5, 0.6) is 5.75 Å². The minimum absolute atomic E-state index is 0.0538. The van der Waals surface area contributed by atoms with E-state index in [1.54, 1.807) is 30.6 Å². The summed E-state index contributed by atoms with van der Waals surface area (Å²) in [6, 6.07) is 11.4. The Kier molecular flexibility index (Phi) is 3.12. The average molecular weight is 281 g/mol. The lowest BCUT2D eigenvalue weighted by molar-refractivity contribution is 0.0690. The molecule has 2 N–H and O–H groups in total. The van der Waals surface area contributed by atoms with Gasteiger partial charge in [0.15, 0.2) is 5.69 Å². The molecule has 0 saturated heterocycles. The maximum atomic E-state index is 11.2. The average Bonchev–Trinajstić information content (AvgIpc) is 2.94. The summed E-state index contributed by atoms with van der Waals surface area (Å²) >= 11 is 0. The first-order valence-electron chi connectivity index (χ1n) is 6.18. The van der Waals surface area contributed by atoms with Crippen molar-refractivity contribution in [3.63, 3.8) is 0 Å². The third-order valence-electron chi connectivity index (χ3n) is 2.98. The molecule has 0 unspecified atom stereocenters. The molecule has 0 spiro atoms. The van der Waals surface area contributed by atoms with Gasteiger partial charge in [-0.25, -0.2) is 9.48 Å². The number of benzene rings is 1. The van der Waals surface area contributed by atoms with Gasteiger partial charge in [0, 0.05) is 18.0 Å². The summed E-state index contributed by atoms with van der Waals surface area (Å²) in [5.41, 5.74) is 1.97. The number of aromatic carboxylic acids is 1. The maximum absolute atomic E-state index is 11.2. The summed E-state index contributed by atoms with van der Waals surface area (Å²) in [6.45, 7) is 0. The van der Waals surface area contributed by atoms with E-state index in [9.17, 15) is 9.90 Å². The van der Waals surface area contributed by atoms with Gasteiger partial charge in [0.2, 0.25) is 0 Å². The Bertz CT molecular complexity index is 780. The predicted molar refractivity (Wildman–Crippen MR) is 75.4 cm³/mol. The molecule has 0 aliphatic carbocycles. The number of carboxylic acid groups (broad SMARTS) is 1. The molecule has 2 aromatic heterocycles. The van der Waals surface area contributed by atoms with Crippen molar-refractivity contribution in [2.24, 2.45) is 0 Å². The van der Waals surface area contributed by atoms with Crippen LogP contribution in [-0.2, 0) is 0 Å². The van der Waals surface area contributed by atoms with E-state index in [4.69, 9.17) is 5.11 Å². The lowest BCUT2D eigenvalue weighted by Crippen LogP contribution is -2.02. The van der Waals surface area contributed by atoms with E-state index < -0.39 is 5.97 Å². The topological polar surface area (TPSA) is 88.2 Å². The Labute approximate surface area is 119 Å². The highest BCUT2D eigenvalue weighted by Gasteiger charge is 2.15. The van der Waals surface area contributed by atoms with Gasteiger partial charge in [-0.15, -0.1) is 0 Å². The smallest absolute Gasteiger partial charge is 0.356 e. The van der Waals surface area contributed by atoms with Crippen LogP contribution < -0.4 is 0 Å². The first kappa shape index (κ1) is 12.9. The van der Waals surface area contributed by atoms with E-state index in [1.807, 2.05) is 6.07 Å². The number of carboxylic acids is 1. The predicted octanol–water partition coefficient (Wildman–Crippen LogP) is 2.34. The van der Waals surface area contributed by atoms with E-state index in [0.29, 0.717) is 11.4 Å². The Balaban J connectivity index is 2.19. The van der Waals surface area contributed by atoms with Gasteiger partial charge in [-0.2, -0.15) is 5.10 Å². The molecule has 21 heavy (non-hydrogen) atoms. The maximum Gasteiger partial charge on any atom is 0.356 e. The summed E-state index contributed by atoms with van der Waals surface area (Å²) in [4.78, 5) is 15.2. The van der Waals surface area contributed by atoms with Gasteiger partial charge < -0.3 is 10.2 Å². The molecule has 1 aromatic carbocycles. The van der Waals surface area contributed by atoms with Crippen molar-refractivity contribution in [2.45, 2.75) is 0 Å². The van der Waals surface area contributed by atoms with Crippen LogP contribution in [0, 0.1) is 0 Å². The highest BCUT2D eigenvalue weighted by Crippen LogP contribution is 2.24. The molecule has 0 aliphatic rings. The zero-order valence-corrected chi connectivity index (χ0v) is 10.8. The van der Waals surface area contributed by atoms with Gasteiger partial charge in [-0.1, -0.05) is 0 Å². The molecule has 0 amide bonds. The quantitative estimate of drug-likeness (QED) is 0.769. The molecule has 0 atom stereocenters. The van der Waals surface area contributed by atoms with Crippen LogP contribution in [0.3, 0.4) is 0 Å². The SMILES string of the molecule is O=C(O)c1cc(-c2cccnc2)n(-c2ccc(O)cc2)n1. The number of nitrogens with zero attached hydrogens (tertiary/aromatic N) is 3. The number of phenols is 1. The molecule has 0 fully saturated rings. The van der Waals surface area contributed by atoms with Crippen LogP contribution >= 0.6 is 0 Å². The van der Waals surface area contributed by atoms with Crippen LogP contribution in [0.1, 0.15) is 10.5 Å². The van der Waals surface area contributed by atoms with E-state index in [1.165, 1.54) is 22.9 Å². The van der Waals surface area contributed by atoms with Crippen molar-refractivity contribution < 1.29 is 15.0 Å². The second kappa shape index (κ2) is 5.09.